The number of hydrogen-bond donors (Lipinski definition) is 0. The van der Waals surface area contributed by atoms with Crippen molar-refractivity contribution in [3.05, 3.63) is 75.4 Å². The van der Waals surface area contributed by atoms with Gasteiger partial charge in [0.1, 0.15) is 11.6 Å². The lowest BCUT2D eigenvalue weighted by molar-refractivity contribution is 0.246. The summed E-state index contributed by atoms with van der Waals surface area (Å²) in [5.41, 5.74) is 3.74. The van der Waals surface area contributed by atoms with Gasteiger partial charge in [0, 0.05) is 61.8 Å². The zero-order valence-electron chi connectivity index (χ0n) is 19.2. The molecule has 5 rings (SSSR count). The van der Waals surface area contributed by atoms with Gasteiger partial charge in [-0.15, -0.1) is 11.3 Å². The van der Waals surface area contributed by atoms with Crippen molar-refractivity contribution in [3.8, 4) is 11.3 Å². The van der Waals surface area contributed by atoms with Gasteiger partial charge in [0.05, 0.1) is 11.4 Å². The van der Waals surface area contributed by atoms with E-state index in [2.05, 4.69) is 34.7 Å². The summed E-state index contributed by atoms with van der Waals surface area (Å²) in [5, 5.41) is 2.01. The molecular weight excluding hydrogens is 432 g/mol. The first kappa shape index (κ1) is 21.7. The van der Waals surface area contributed by atoms with Gasteiger partial charge in [-0.05, 0) is 12.5 Å². The Morgan fingerprint density at radius 1 is 1.00 bits per heavy atom. The predicted octanol–water partition coefficient (Wildman–Crippen LogP) is 3.97. The number of piperazine rings is 1. The molecule has 0 spiro atoms. The fourth-order valence-electron chi connectivity index (χ4n) is 4.21. The van der Waals surface area contributed by atoms with Crippen LogP contribution in [0.4, 0.5) is 5.82 Å². The number of anilines is 1. The molecule has 1 saturated heterocycles. The molecule has 33 heavy (non-hydrogen) atoms. The van der Waals surface area contributed by atoms with Gasteiger partial charge in [0.15, 0.2) is 4.96 Å². The zero-order valence-corrected chi connectivity index (χ0v) is 20.0. The van der Waals surface area contributed by atoms with Crippen molar-refractivity contribution in [1.82, 2.24) is 24.3 Å². The molecule has 0 N–H and O–H groups in total. The molecule has 8 heteroatoms. The third-order valence-electron chi connectivity index (χ3n) is 5.98. The van der Waals surface area contributed by atoms with Crippen LogP contribution in [0.1, 0.15) is 37.0 Å². The van der Waals surface area contributed by atoms with Crippen molar-refractivity contribution in [1.29, 1.82) is 0 Å². The van der Waals surface area contributed by atoms with Crippen LogP contribution >= 0.6 is 11.3 Å². The van der Waals surface area contributed by atoms with Gasteiger partial charge in [-0.25, -0.2) is 15.0 Å². The van der Waals surface area contributed by atoms with Crippen molar-refractivity contribution < 1.29 is 0 Å². The minimum Gasteiger partial charge on any atom is -0.354 e. The molecule has 0 radical (unpaired) electrons. The molecular formula is C25H28N6OS. The molecule has 0 amide bonds. The maximum absolute atomic E-state index is 12.9. The minimum atomic E-state index is -0.0218. The van der Waals surface area contributed by atoms with Gasteiger partial charge in [-0.1, -0.05) is 44.2 Å². The summed E-state index contributed by atoms with van der Waals surface area (Å²) in [6.45, 7) is 10.6. The van der Waals surface area contributed by atoms with Gasteiger partial charge in [0.2, 0.25) is 0 Å². The Bertz CT molecular complexity index is 1320. The quantitative estimate of drug-likeness (QED) is 0.449. The third kappa shape index (κ3) is 4.54. The average molecular weight is 461 g/mol. The van der Waals surface area contributed by atoms with Gasteiger partial charge in [-0.2, -0.15) is 0 Å². The van der Waals surface area contributed by atoms with Crippen LogP contribution in [0.3, 0.4) is 0 Å². The molecule has 0 saturated carbocycles. The normalized spacial score (nSPS) is 15.0. The fraction of sp³-hybridized carbons (Fsp3) is 0.360. The minimum absolute atomic E-state index is 0.0218. The lowest BCUT2D eigenvalue weighted by Crippen LogP contribution is -2.46. The molecule has 4 aromatic rings. The lowest BCUT2D eigenvalue weighted by atomic mass is 10.2. The summed E-state index contributed by atoms with van der Waals surface area (Å²) < 4.78 is 1.71. The fourth-order valence-corrected chi connectivity index (χ4v) is 5.14. The van der Waals surface area contributed by atoms with E-state index in [1.165, 1.54) is 11.3 Å². The second kappa shape index (κ2) is 9.03. The number of nitrogens with zero attached hydrogens (tertiary/aromatic N) is 6. The number of thiazole rings is 1. The van der Waals surface area contributed by atoms with Crippen molar-refractivity contribution in [2.75, 3.05) is 31.1 Å². The Balaban J connectivity index is 1.29. The van der Waals surface area contributed by atoms with E-state index in [1.807, 2.05) is 42.6 Å². The molecule has 1 aromatic carbocycles. The zero-order chi connectivity index (χ0) is 22.9. The van der Waals surface area contributed by atoms with E-state index in [-0.39, 0.29) is 5.56 Å². The van der Waals surface area contributed by atoms with Crippen LogP contribution in [0.25, 0.3) is 16.2 Å². The summed E-state index contributed by atoms with van der Waals surface area (Å²) >= 11 is 1.51. The van der Waals surface area contributed by atoms with Crippen LogP contribution in [0.5, 0.6) is 0 Å². The SMILES string of the molecule is Cc1cc(N2CCN(Cc3cc(=O)n4c(-c5ccccc5)csc4n3)CC2)nc(C(C)C)n1. The number of fused-ring (bicyclic) bond motifs is 1. The first-order chi connectivity index (χ1) is 16.0. The van der Waals surface area contributed by atoms with Gasteiger partial charge in [-0.3, -0.25) is 14.1 Å². The average Bonchev–Trinajstić information content (AvgIpc) is 3.24. The summed E-state index contributed by atoms with van der Waals surface area (Å²) in [6, 6.07) is 13.7. The van der Waals surface area contributed by atoms with Gasteiger partial charge < -0.3 is 4.90 Å². The van der Waals surface area contributed by atoms with E-state index in [0.717, 1.165) is 65.4 Å². The highest BCUT2D eigenvalue weighted by Crippen LogP contribution is 2.24. The molecule has 3 aromatic heterocycles. The van der Waals surface area contributed by atoms with Gasteiger partial charge in [0.25, 0.3) is 5.56 Å². The number of aryl methyl sites for hydroxylation is 1. The van der Waals surface area contributed by atoms with Crippen LogP contribution < -0.4 is 10.5 Å². The molecule has 1 aliphatic heterocycles. The summed E-state index contributed by atoms with van der Waals surface area (Å²) in [7, 11) is 0. The molecule has 0 bridgehead atoms. The van der Waals surface area contributed by atoms with Crippen LogP contribution in [-0.4, -0.2) is 50.4 Å². The van der Waals surface area contributed by atoms with Crippen molar-refractivity contribution >= 4 is 22.1 Å². The molecule has 4 heterocycles. The molecule has 0 unspecified atom stereocenters. The van der Waals surface area contributed by atoms with E-state index in [1.54, 1.807) is 10.5 Å². The number of benzene rings is 1. The van der Waals surface area contributed by atoms with E-state index in [0.29, 0.717) is 12.5 Å². The van der Waals surface area contributed by atoms with E-state index in [9.17, 15) is 4.79 Å². The van der Waals surface area contributed by atoms with Crippen LogP contribution in [0.2, 0.25) is 0 Å². The monoisotopic (exact) mass is 460 g/mol. The van der Waals surface area contributed by atoms with E-state index >= 15 is 0 Å². The Morgan fingerprint density at radius 3 is 2.48 bits per heavy atom. The second-order valence-corrected chi connectivity index (χ2v) is 9.67. The van der Waals surface area contributed by atoms with Crippen molar-refractivity contribution in [2.24, 2.45) is 0 Å². The van der Waals surface area contributed by atoms with Gasteiger partial charge >= 0.3 is 0 Å². The first-order valence-electron chi connectivity index (χ1n) is 11.4. The lowest BCUT2D eigenvalue weighted by Gasteiger charge is -2.35. The summed E-state index contributed by atoms with van der Waals surface area (Å²) in [5.74, 6) is 2.22. The Labute approximate surface area is 197 Å². The second-order valence-electron chi connectivity index (χ2n) is 8.83. The third-order valence-corrected chi connectivity index (χ3v) is 6.81. The van der Waals surface area contributed by atoms with Crippen LogP contribution in [0, 0.1) is 6.92 Å². The highest BCUT2D eigenvalue weighted by molar-refractivity contribution is 7.15. The standard InChI is InChI=1S/C25H28N6OS/c1-17(2)24-26-18(3)13-22(28-24)30-11-9-29(10-12-30)15-20-14-23(32)31-21(16-33-25(31)27-20)19-7-5-4-6-8-19/h4-8,13-14,16-17H,9-12,15H2,1-3H3. The molecule has 0 aliphatic carbocycles. The smallest absolute Gasteiger partial charge is 0.259 e. The Hall–Kier alpha value is -3.10. The Kier molecular flexibility index (Phi) is 5.95. The maximum atomic E-state index is 12.9. The predicted molar refractivity (Wildman–Crippen MR) is 133 cm³/mol. The summed E-state index contributed by atoms with van der Waals surface area (Å²) in [4.78, 5) is 32.5. The van der Waals surface area contributed by atoms with E-state index < -0.39 is 0 Å². The number of rotatable bonds is 5. The van der Waals surface area contributed by atoms with Crippen molar-refractivity contribution in [2.45, 2.75) is 33.2 Å². The molecule has 170 valence electrons. The highest BCUT2D eigenvalue weighted by atomic mass is 32.1. The molecule has 0 atom stereocenters. The molecule has 1 aliphatic rings. The Morgan fingerprint density at radius 2 is 1.76 bits per heavy atom. The highest BCUT2D eigenvalue weighted by Gasteiger charge is 2.21. The number of hydrogen-bond acceptors (Lipinski definition) is 7. The van der Waals surface area contributed by atoms with Crippen LogP contribution in [-0.2, 0) is 6.54 Å². The molecule has 1 fully saturated rings. The van der Waals surface area contributed by atoms with Crippen molar-refractivity contribution in [3.63, 3.8) is 0 Å². The molecule has 7 nitrogen and oxygen atoms in total. The number of aromatic nitrogens is 4. The maximum Gasteiger partial charge on any atom is 0.259 e. The summed E-state index contributed by atoms with van der Waals surface area (Å²) in [6.07, 6.45) is 0. The van der Waals surface area contributed by atoms with Crippen LogP contribution in [0.15, 0.2) is 52.6 Å². The largest absolute Gasteiger partial charge is 0.354 e. The first-order valence-corrected chi connectivity index (χ1v) is 12.2. The van der Waals surface area contributed by atoms with E-state index in [4.69, 9.17) is 9.97 Å². The topological polar surface area (TPSA) is 66.6 Å².